The fourth-order valence-electron chi connectivity index (χ4n) is 5.01. The summed E-state index contributed by atoms with van der Waals surface area (Å²) in [5.41, 5.74) is 2.80. The Bertz CT molecular complexity index is 1180. The molecule has 0 radical (unpaired) electrons. The molecule has 1 aliphatic heterocycles. The lowest BCUT2D eigenvalue weighted by Gasteiger charge is -2.36. The van der Waals surface area contributed by atoms with E-state index in [-0.39, 0.29) is 29.2 Å². The number of nitrogens with zero attached hydrogens (tertiary/aromatic N) is 2. The number of ether oxygens (including phenoxy) is 1. The second-order valence-corrected chi connectivity index (χ2v) is 9.34. The SMILES string of the molecule is CNC(=O)C(C1CCOC1)N(CC(c1ccccc1)c1ccccc1)C(=O)c1cc(C)c(=O)n(C)c1. The van der Waals surface area contributed by atoms with E-state index in [1.807, 2.05) is 60.7 Å². The van der Waals surface area contributed by atoms with Gasteiger partial charge in [0.25, 0.3) is 11.5 Å². The number of aryl methyl sites for hydroxylation is 2. The number of hydrogen-bond acceptors (Lipinski definition) is 4. The highest BCUT2D eigenvalue weighted by molar-refractivity contribution is 5.97. The molecule has 0 aliphatic carbocycles. The number of amides is 2. The number of carbonyl (C=O) groups excluding carboxylic acids is 2. The standard InChI is InChI=1S/C29H33N3O4/c1-20-16-24(17-31(3)28(20)34)29(35)32(26(27(33)30-2)23-14-15-36-19-23)18-25(21-10-6-4-7-11-21)22-12-8-5-9-13-22/h4-13,16-17,23,25-26H,14-15,18-19H2,1-3H3,(H,30,33). The van der Waals surface area contributed by atoms with Gasteiger partial charge in [-0.05, 0) is 30.5 Å². The van der Waals surface area contributed by atoms with Crippen molar-refractivity contribution in [3.05, 3.63) is 106 Å². The normalized spacial score (nSPS) is 16.1. The van der Waals surface area contributed by atoms with E-state index in [0.717, 1.165) is 11.1 Å². The number of hydrogen-bond donors (Lipinski definition) is 1. The lowest BCUT2D eigenvalue weighted by atomic mass is 9.88. The van der Waals surface area contributed by atoms with Crippen LogP contribution in [0.3, 0.4) is 0 Å². The van der Waals surface area contributed by atoms with Crippen LogP contribution in [0.5, 0.6) is 0 Å². The first-order valence-electron chi connectivity index (χ1n) is 12.3. The van der Waals surface area contributed by atoms with E-state index in [1.165, 1.54) is 4.57 Å². The molecule has 2 aromatic carbocycles. The Kier molecular flexibility index (Phi) is 8.00. The van der Waals surface area contributed by atoms with E-state index in [1.54, 1.807) is 38.2 Å². The monoisotopic (exact) mass is 487 g/mol. The summed E-state index contributed by atoms with van der Waals surface area (Å²) >= 11 is 0. The second-order valence-electron chi connectivity index (χ2n) is 9.34. The number of rotatable bonds is 8. The maximum atomic E-state index is 14.2. The molecule has 4 rings (SSSR count). The maximum absolute atomic E-state index is 14.2. The zero-order valence-electron chi connectivity index (χ0n) is 21.0. The zero-order valence-corrected chi connectivity index (χ0v) is 21.0. The number of nitrogens with one attached hydrogen (secondary N) is 1. The number of benzene rings is 2. The number of aromatic nitrogens is 1. The number of pyridine rings is 1. The van der Waals surface area contributed by atoms with Crippen molar-refractivity contribution in [2.45, 2.75) is 25.3 Å². The van der Waals surface area contributed by atoms with Gasteiger partial charge in [-0.3, -0.25) is 14.4 Å². The molecule has 1 N–H and O–H groups in total. The molecule has 7 nitrogen and oxygen atoms in total. The summed E-state index contributed by atoms with van der Waals surface area (Å²) < 4.78 is 7.05. The summed E-state index contributed by atoms with van der Waals surface area (Å²) in [5, 5.41) is 2.77. The minimum atomic E-state index is -0.711. The van der Waals surface area contributed by atoms with Crippen LogP contribution in [0.4, 0.5) is 0 Å². The van der Waals surface area contributed by atoms with Gasteiger partial charge in [-0.25, -0.2) is 0 Å². The molecule has 188 valence electrons. The molecule has 3 aromatic rings. The van der Waals surface area contributed by atoms with E-state index in [2.05, 4.69) is 5.32 Å². The van der Waals surface area contributed by atoms with E-state index in [4.69, 9.17) is 4.74 Å². The molecule has 2 amide bonds. The molecular formula is C29H33N3O4. The molecule has 2 unspecified atom stereocenters. The largest absolute Gasteiger partial charge is 0.381 e. The second kappa shape index (κ2) is 11.4. The Morgan fingerprint density at radius 1 is 1.08 bits per heavy atom. The molecule has 1 aromatic heterocycles. The van der Waals surface area contributed by atoms with Crippen molar-refractivity contribution in [1.29, 1.82) is 0 Å². The van der Waals surface area contributed by atoms with Crippen LogP contribution < -0.4 is 10.9 Å². The first-order valence-corrected chi connectivity index (χ1v) is 12.3. The van der Waals surface area contributed by atoms with Crippen molar-refractivity contribution in [3.63, 3.8) is 0 Å². The lowest BCUT2D eigenvalue weighted by molar-refractivity contribution is -0.127. The fraction of sp³-hybridized carbons (Fsp3) is 0.345. The summed E-state index contributed by atoms with van der Waals surface area (Å²) in [5.74, 6) is -0.791. The smallest absolute Gasteiger partial charge is 0.256 e. The average Bonchev–Trinajstić information content (AvgIpc) is 3.44. The van der Waals surface area contributed by atoms with Gasteiger partial charge < -0.3 is 19.5 Å². The summed E-state index contributed by atoms with van der Waals surface area (Å²) in [4.78, 5) is 41.5. The summed E-state index contributed by atoms with van der Waals surface area (Å²) in [6, 6.07) is 20.9. The van der Waals surface area contributed by atoms with E-state index >= 15 is 0 Å². The zero-order chi connectivity index (χ0) is 25.7. The van der Waals surface area contributed by atoms with E-state index in [0.29, 0.717) is 37.3 Å². The molecule has 2 atom stereocenters. The van der Waals surface area contributed by atoms with Crippen molar-refractivity contribution < 1.29 is 14.3 Å². The molecule has 1 aliphatic rings. The van der Waals surface area contributed by atoms with Gasteiger partial charge in [0.15, 0.2) is 0 Å². The van der Waals surface area contributed by atoms with Crippen LogP contribution in [0, 0.1) is 12.8 Å². The molecule has 0 bridgehead atoms. The molecule has 2 heterocycles. The van der Waals surface area contributed by atoms with Crippen molar-refractivity contribution in [1.82, 2.24) is 14.8 Å². The summed E-state index contributed by atoms with van der Waals surface area (Å²) in [7, 11) is 3.23. The molecule has 0 saturated carbocycles. The third kappa shape index (κ3) is 5.41. The van der Waals surface area contributed by atoms with Crippen molar-refractivity contribution in [2.75, 3.05) is 26.8 Å². The van der Waals surface area contributed by atoms with Crippen LogP contribution in [0.25, 0.3) is 0 Å². The minimum absolute atomic E-state index is 0.130. The summed E-state index contributed by atoms with van der Waals surface area (Å²) in [6.07, 6.45) is 2.24. The molecule has 1 saturated heterocycles. The Balaban J connectivity index is 1.83. The first kappa shape index (κ1) is 25.4. The van der Waals surface area contributed by atoms with Gasteiger partial charge in [-0.2, -0.15) is 0 Å². The van der Waals surface area contributed by atoms with Gasteiger partial charge in [0.05, 0.1) is 12.2 Å². The Morgan fingerprint density at radius 3 is 2.19 bits per heavy atom. The van der Waals surface area contributed by atoms with Crippen LogP contribution >= 0.6 is 0 Å². The van der Waals surface area contributed by atoms with Gasteiger partial charge in [-0.15, -0.1) is 0 Å². The number of carbonyl (C=O) groups is 2. The van der Waals surface area contributed by atoms with Gasteiger partial charge in [0, 0.05) is 50.8 Å². The molecule has 7 heteroatoms. The Hall–Kier alpha value is -3.71. The van der Waals surface area contributed by atoms with Crippen molar-refractivity contribution in [2.24, 2.45) is 13.0 Å². The van der Waals surface area contributed by atoms with Gasteiger partial charge in [-0.1, -0.05) is 60.7 Å². The van der Waals surface area contributed by atoms with Crippen LogP contribution in [0.2, 0.25) is 0 Å². The lowest BCUT2D eigenvalue weighted by Crippen LogP contribution is -2.54. The van der Waals surface area contributed by atoms with Crippen LogP contribution in [0.1, 0.15) is 39.4 Å². The van der Waals surface area contributed by atoms with Crippen molar-refractivity contribution in [3.8, 4) is 0 Å². The fourth-order valence-corrected chi connectivity index (χ4v) is 5.01. The quantitative estimate of drug-likeness (QED) is 0.530. The van der Waals surface area contributed by atoms with Crippen LogP contribution in [-0.2, 0) is 16.6 Å². The molecule has 1 fully saturated rings. The Labute approximate surface area is 211 Å². The number of likely N-dealkylation sites (N-methyl/N-ethyl adjacent to an activating group) is 1. The highest BCUT2D eigenvalue weighted by Crippen LogP contribution is 2.30. The minimum Gasteiger partial charge on any atom is -0.381 e. The molecule has 0 spiro atoms. The first-order chi connectivity index (χ1) is 17.4. The third-order valence-corrected chi connectivity index (χ3v) is 6.92. The molecule has 36 heavy (non-hydrogen) atoms. The van der Waals surface area contributed by atoms with Gasteiger partial charge in [0.1, 0.15) is 6.04 Å². The van der Waals surface area contributed by atoms with Gasteiger partial charge >= 0.3 is 0 Å². The van der Waals surface area contributed by atoms with E-state index < -0.39 is 6.04 Å². The topological polar surface area (TPSA) is 80.6 Å². The average molecular weight is 488 g/mol. The van der Waals surface area contributed by atoms with Gasteiger partial charge in [0.2, 0.25) is 5.91 Å². The van der Waals surface area contributed by atoms with Crippen molar-refractivity contribution >= 4 is 11.8 Å². The third-order valence-electron chi connectivity index (χ3n) is 6.92. The predicted molar refractivity (Wildman–Crippen MR) is 139 cm³/mol. The van der Waals surface area contributed by atoms with Crippen LogP contribution in [-0.4, -0.2) is 54.1 Å². The Morgan fingerprint density at radius 2 is 1.69 bits per heavy atom. The highest BCUT2D eigenvalue weighted by Gasteiger charge is 2.40. The highest BCUT2D eigenvalue weighted by atomic mass is 16.5. The van der Waals surface area contributed by atoms with Crippen LogP contribution in [0.15, 0.2) is 77.7 Å². The van der Waals surface area contributed by atoms with E-state index in [9.17, 15) is 14.4 Å². The maximum Gasteiger partial charge on any atom is 0.256 e. The molecular weight excluding hydrogens is 454 g/mol. The summed E-state index contributed by atoms with van der Waals surface area (Å²) in [6.45, 7) is 2.96. The predicted octanol–water partition coefficient (Wildman–Crippen LogP) is 3.12.